The van der Waals surface area contributed by atoms with Gasteiger partial charge in [-0.25, -0.2) is 4.39 Å². The summed E-state index contributed by atoms with van der Waals surface area (Å²) < 4.78 is 56.9. The van der Waals surface area contributed by atoms with E-state index in [0.717, 1.165) is 19.4 Å². The second kappa shape index (κ2) is 6.30. The fourth-order valence-corrected chi connectivity index (χ4v) is 1.70. The second-order valence-corrected chi connectivity index (χ2v) is 4.08. The smallest absolute Gasteiger partial charge is 0.420 e. The van der Waals surface area contributed by atoms with E-state index in [1.165, 1.54) is 0 Å². The number of allylic oxidation sites excluding steroid dienone is 1. The second-order valence-electron chi connectivity index (χ2n) is 4.08. The van der Waals surface area contributed by atoms with Gasteiger partial charge in [-0.15, -0.1) is 10.2 Å². The fraction of sp³-hybridized carbons (Fsp3) is 0.167. The zero-order chi connectivity index (χ0) is 17.0. The maximum Gasteiger partial charge on any atom is 0.420 e. The molecule has 1 aromatic heterocycles. The molecule has 0 unspecified atom stereocenters. The lowest BCUT2D eigenvalue weighted by Crippen LogP contribution is -2.10. The standard InChI is InChI=1S/C12H8F4N6O/c1-23-10-8(12(14,15)16)2-7(13)3-9(10)18-5-6(4-17)11-19-21-22-20-11/h2-3,5,18H,1H3,(H,19,20,21,22). The van der Waals surface area contributed by atoms with E-state index in [0.29, 0.717) is 6.07 Å². The summed E-state index contributed by atoms with van der Waals surface area (Å²) in [4.78, 5) is 0. The van der Waals surface area contributed by atoms with Gasteiger partial charge in [0.1, 0.15) is 23.0 Å². The van der Waals surface area contributed by atoms with Gasteiger partial charge in [0, 0.05) is 12.3 Å². The number of aromatic amines is 1. The molecule has 11 heteroatoms. The van der Waals surface area contributed by atoms with E-state index >= 15 is 0 Å². The quantitative estimate of drug-likeness (QED) is 0.660. The molecule has 7 nitrogen and oxygen atoms in total. The molecule has 0 aliphatic carbocycles. The Morgan fingerprint density at radius 1 is 1.43 bits per heavy atom. The van der Waals surface area contributed by atoms with Gasteiger partial charge in [0.15, 0.2) is 5.75 Å². The summed E-state index contributed by atoms with van der Waals surface area (Å²) in [6, 6.07) is 2.85. The number of ether oxygens (including phenoxy) is 1. The molecule has 0 saturated carbocycles. The van der Waals surface area contributed by atoms with Crippen molar-refractivity contribution < 1.29 is 22.3 Å². The SMILES string of the molecule is COc1c(NC=C(C#N)c2nn[nH]n2)cc(F)cc1C(F)(F)F. The lowest BCUT2D eigenvalue weighted by Gasteiger charge is -2.16. The van der Waals surface area contributed by atoms with Crippen molar-refractivity contribution in [1.82, 2.24) is 20.6 Å². The van der Waals surface area contributed by atoms with Crippen LogP contribution in [0.5, 0.6) is 5.75 Å². The van der Waals surface area contributed by atoms with Crippen molar-refractivity contribution in [2.24, 2.45) is 0 Å². The molecule has 0 radical (unpaired) electrons. The number of hydrogen-bond acceptors (Lipinski definition) is 6. The van der Waals surface area contributed by atoms with Crippen LogP contribution < -0.4 is 10.1 Å². The lowest BCUT2D eigenvalue weighted by atomic mass is 10.1. The maximum absolute atomic E-state index is 13.4. The number of methoxy groups -OCH3 is 1. The van der Waals surface area contributed by atoms with Crippen molar-refractivity contribution >= 4 is 11.3 Å². The molecular weight excluding hydrogens is 320 g/mol. The molecule has 0 fully saturated rings. The fourth-order valence-electron chi connectivity index (χ4n) is 1.70. The van der Waals surface area contributed by atoms with E-state index in [-0.39, 0.29) is 17.1 Å². The van der Waals surface area contributed by atoms with Crippen molar-refractivity contribution in [2.75, 3.05) is 12.4 Å². The van der Waals surface area contributed by atoms with Gasteiger partial charge in [-0.3, -0.25) is 0 Å². The Morgan fingerprint density at radius 3 is 2.70 bits per heavy atom. The van der Waals surface area contributed by atoms with Crippen molar-refractivity contribution in [3.8, 4) is 11.8 Å². The molecule has 0 saturated heterocycles. The summed E-state index contributed by atoms with van der Waals surface area (Å²) in [6.45, 7) is 0. The lowest BCUT2D eigenvalue weighted by molar-refractivity contribution is -0.138. The Kier molecular flexibility index (Phi) is 4.44. The summed E-state index contributed by atoms with van der Waals surface area (Å²) in [6.07, 6.45) is -3.79. The number of aromatic nitrogens is 4. The molecule has 0 amide bonds. The Bertz CT molecular complexity index is 763. The number of alkyl halides is 3. The number of nitriles is 1. The summed E-state index contributed by atoms with van der Waals surface area (Å²) >= 11 is 0. The minimum absolute atomic E-state index is 0.0774. The van der Waals surface area contributed by atoms with Crippen LogP contribution in [0.1, 0.15) is 11.4 Å². The monoisotopic (exact) mass is 328 g/mol. The first kappa shape index (κ1) is 16.2. The van der Waals surface area contributed by atoms with Crippen LogP contribution in [-0.2, 0) is 6.18 Å². The summed E-state index contributed by atoms with van der Waals surface area (Å²) in [5.41, 5.74) is -1.72. The average Bonchev–Trinajstić information content (AvgIpc) is 3.00. The van der Waals surface area contributed by atoms with E-state index in [2.05, 4.69) is 25.9 Å². The van der Waals surface area contributed by atoms with Gasteiger partial charge in [-0.1, -0.05) is 0 Å². The van der Waals surface area contributed by atoms with Gasteiger partial charge in [0.05, 0.1) is 12.8 Å². The zero-order valence-electron chi connectivity index (χ0n) is 11.4. The molecule has 23 heavy (non-hydrogen) atoms. The minimum atomic E-state index is -4.81. The molecule has 1 heterocycles. The number of halogens is 4. The highest BCUT2D eigenvalue weighted by molar-refractivity contribution is 5.75. The Morgan fingerprint density at radius 2 is 2.17 bits per heavy atom. The van der Waals surface area contributed by atoms with Crippen LogP contribution in [0.15, 0.2) is 18.3 Å². The summed E-state index contributed by atoms with van der Waals surface area (Å²) in [5, 5.41) is 23.8. The minimum Gasteiger partial charge on any atom is -0.494 e. The zero-order valence-corrected chi connectivity index (χ0v) is 11.4. The average molecular weight is 328 g/mol. The third kappa shape index (κ3) is 3.54. The number of nitrogens with one attached hydrogen (secondary N) is 2. The van der Waals surface area contributed by atoms with Gasteiger partial charge >= 0.3 is 6.18 Å². The van der Waals surface area contributed by atoms with Crippen LogP contribution >= 0.6 is 0 Å². The molecule has 0 bridgehead atoms. The van der Waals surface area contributed by atoms with Gasteiger partial charge in [0.2, 0.25) is 5.82 Å². The number of tetrazole rings is 1. The third-order valence-corrected chi connectivity index (χ3v) is 2.64. The van der Waals surface area contributed by atoms with Gasteiger partial charge in [-0.2, -0.15) is 23.6 Å². The van der Waals surface area contributed by atoms with E-state index < -0.39 is 23.3 Å². The van der Waals surface area contributed by atoms with Crippen molar-refractivity contribution in [3.05, 3.63) is 35.5 Å². The van der Waals surface area contributed by atoms with Crippen LogP contribution in [-0.4, -0.2) is 27.7 Å². The van der Waals surface area contributed by atoms with Crippen molar-refractivity contribution in [3.63, 3.8) is 0 Å². The summed E-state index contributed by atoms with van der Waals surface area (Å²) in [5.74, 6) is -1.81. The first-order chi connectivity index (χ1) is 10.9. The molecule has 0 aliphatic rings. The van der Waals surface area contributed by atoms with Crippen LogP contribution in [0.4, 0.5) is 23.2 Å². The highest BCUT2D eigenvalue weighted by Gasteiger charge is 2.36. The molecule has 0 aliphatic heterocycles. The largest absolute Gasteiger partial charge is 0.494 e. The molecular formula is C12H8F4N6O. The molecule has 1 aromatic carbocycles. The topological polar surface area (TPSA) is 99.5 Å². The van der Waals surface area contributed by atoms with Crippen LogP contribution in [0.2, 0.25) is 0 Å². The predicted molar refractivity (Wildman–Crippen MR) is 69.3 cm³/mol. The number of H-pyrrole nitrogens is 1. The molecule has 2 N–H and O–H groups in total. The van der Waals surface area contributed by atoms with E-state index in [9.17, 15) is 17.6 Å². The number of anilines is 1. The Balaban J connectivity index is 2.44. The summed E-state index contributed by atoms with van der Waals surface area (Å²) in [7, 11) is 1.02. The van der Waals surface area contributed by atoms with E-state index in [4.69, 9.17) is 10.00 Å². The molecule has 2 rings (SSSR count). The highest BCUT2D eigenvalue weighted by atomic mass is 19.4. The number of benzene rings is 1. The van der Waals surface area contributed by atoms with Gasteiger partial charge in [-0.05, 0) is 11.3 Å². The number of hydrogen-bond donors (Lipinski definition) is 2. The predicted octanol–water partition coefficient (Wildman–Crippen LogP) is 2.34. The molecule has 0 atom stereocenters. The van der Waals surface area contributed by atoms with Crippen LogP contribution in [0.25, 0.3) is 5.57 Å². The van der Waals surface area contributed by atoms with Crippen molar-refractivity contribution in [2.45, 2.75) is 6.18 Å². The number of nitrogens with zero attached hydrogens (tertiary/aromatic N) is 4. The Labute approximate surface area is 126 Å². The molecule has 120 valence electrons. The molecule has 2 aromatic rings. The van der Waals surface area contributed by atoms with Crippen molar-refractivity contribution in [1.29, 1.82) is 5.26 Å². The van der Waals surface area contributed by atoms with Gasteiger partial charge < -0.3 is 10.1 Å². The number of rotatable bonds is 4. The first-order valence-electron chi connectivity index (χ1n) is 5.92. The van der Waals surface area contributed by atoms with Crippen LogP contribution in [0, 0.1) is 17.1 Å². The Hall–Kier alpha value is -3.16. The first-order valence-corrected chi connectivity index (χ1v) is 5.92. The van der Waals surface area contributed by atoms with E-state index in [1.807, 2.05) is 0 Å². The normalized spacial score (nSPS) is 11.9. The highest BCUT2D eigenvalue weighted by Crippen LogP contribution is 2.41. The van der Waals surface area contributed by atoms with Gasteiger partial charge in [0.25, 0.3) is 0 Å². The third-order valence-electron chi connectivity index (χ3n) is 2.64. The van der Waals surface area contributed by atoms with Crippen LogP contribution in [0.3, 0.4) is 0 Å². The molecule has 0 spiro atoms. The maximum atomic E-state index is 13.4. The van der Waals surface area contributed by atoms with E-state index in [1.54, 1.807) is 6.07 Å².